The van der Waals surface area contributed by atoms with E-state index in [1.54, 1.807) is 4.90 Å². The van der Waals surface area contributed by atoms with E-state index in [2.05, 4.69) is 10.3 Å². The van der Waals surface area contributed by atoms with Crippen LogP contribution in [0.5, 0.6) is 0 Å². The molecule has 0 aliphatic carbocycles. The van der Waals surface area contributed by atoms with Gasteiger partial charge in [0.15, 0.2) is 5.11 Å². The van der Waals surface area contributed by atoms with Crippen molar-refractivity contribution in [2.45, 2.75) is 19.4 Å². The van der Waals surface area contributed by atoms with E-state index in [-0.39, 0.29) is 11.9 Å². The van der Waals surface area contributed by atoms with Gasteiger partial charge in [-0.3, -0.25) is 9.69 Å². The molecule has 0 radical (unpaired) electrons. The summed E-state index contributed by atoms with van der Waals surface area (Å²) < 4.78 is 1.97. The van der Waals surface area contributed by atoms with E-state index in [1.165, 1.54) is 0 Å². The number of hydrogen-bond donors (Lipinski definition) is 1. The van der Waals surface area contributed by atoms with E-state index in [4.69, 9.17) is 12.2 Å². The lowest BCUT2D eigenvalue weighted by Crippen LogP contribution is -2.32. The molecule has 1 N–H and O–H groups in total. The average molecular weight is 274 g/mol. The van der Waals surface area contributed by atoms with Gasteiger partial charge in [0.25, 0.3) is 5.91 Å². The summed E-state index contributed by atoms with van der Waals surface area (Å²) in [6.07, 6.45) is 4.64. The molecule has 0 saturated carbocycles. The van der Waals surface area contributed by atoms with Gasteiger partial charge in [-0.25, -0.2) is 4.98 Å². The Balaban J connectivity index is 1.72. The summed E-state index contributed by atoms with van der Waals surface area (Å²) >= 11 is 5.14. The number of carbonyl (C=O) groups excluding carboxylic acids is 1. The Kier molecular flexibility index (Phi) is 2.94. The molecule has 3 heterocycles. The molecule has 1 atom stereocenters. The van der Waals surface area contributed by atoms with Crippen LogP contribution in [0.25, 0.3) is 5.65 Å². The highest BCUT2D eigenvalue weighted by molar-refractivity contribution is 7.80. The number of hydrogen-bond acceptors (Lipinski definition) is 3. The molecule has 1 amide bonds. The third kappa shape index (κ3) is 2.19. The lowest BCUT2D eigenvalue weighted by Gasteiger charge is -2.13. The van der Waals surface area contributed by atoms with Gasteiger partial charge < -0.3 is 9.72 Å². The number of rotatable bonds is 3. The normalized spacial score (nSPS) is 19.2. The van der Waals surface area contributed by atoms with E-state index >= 15 is 0 Å². The van der Waals surface area contributed by atoms with Crippen LogP contribution >= 0.6 is 12.2 Å². The fraction of sp³-hybridized carbons (Fsp3) is 0.308. The molecular formula is C13H14N4OS. The molecule has 1 saturated heterocycles. The van der Waals surface area contributed by atoms with Gasteiger partial charge in [-0.2, -0.15) is 0 Å². The van der Waals surface area contributed by atoms with Crippen LogP contribution in [0.15, 0.2) is 30.6 Å². The molecule has 1 unspecified atom stereocenters. The SMILES string of the molecule is CC1NC(=S)N(CCc2cn3ccccc3n2)C1=O. The Labute approximate surface area is 116 Å². The average Bonchev–Trinajstić information content (AvgIpc) is 2.90. The summed E-state index contributed by atoms with van der Waals surface area (Å²) in [5.41, 5.74) is 1.88. The molecule has 3 rings (SSSR count). The summed E-state index contributed by atoms with van der Waals surface area (Å²) in [6, 6.07) is 5.66. The molecule has 0 aromatic carbocycles. The molecule has 2 aromatic heterocycles. The summed E-state index contributed by atoms with van der Waals surface area (Å²) in [5, 5.41) is 3.48. The maximum absolute atomic E-state index is 11.9. The number of nitrogens with one attached hydrogen (secondary N) is 1. The Morgan fingerprint density at radius 1 is 1.47 bits per heavy atom. The highest BCUT2D eigenvalue weighted by Crippen LogP contribution is 2.09. The second-order valence-electron chi connectivity index (χ2n) is 4.61. The number of amides is 1. The lowest BCUT2D eigenvalue weighted by atomic mass is 10.3. The molecule has 6 heteroatoms. The maximum Gasteiger partial charge on any atom is 0.251 e. The number of pyridine rings is 1. The van der Waals surface area contributed by atoms with Gasteiger partial charge in [0, 0.05) is 25.4 Å². The van der Waals surface area contributed by atoms with Crippen molar-refractivity contribution in [2.24, 2.45) is 0 Å². The molecule has 1 aliphatic rings. The first-order valence-corrected chi connectivity index (χ1v) is 6.60. The molecule has 2 aromatic rings. The van der Waals surface area contributed by atoms with Crippen LogP contribution in [0.1, 0.15) is 12.6 Å². The zero-order valence-corrected chi connectivity index (χ0v) is 11.4. The first-order valence-electron chi connectivity index (χ1n) is 6.19. The van der Waals surface area contributed by atoms with E-state index in [0.717, 1.165) is 11.3 Å². The van der Waals surface area contributed by atoms with Crippen molar-refractivity contribution in [3.8, 4) is 0 Å². The largest absolute Gasteiger partial charge is 0.351 e. The van der Waals surface area contributed by atoms with Gasteiger partial charge >= 0.3 is 0 Å². The summed E-state index contributed by atoms with van der Waals surface area (Å²) in [5.74, 6) is 0.0359. The Bertz CT molecular complexity index is 618. The molecule has 1 fully saturated rings. The van der Waals surface area contributed by atoms with Crippen molar-refractivity contribution in [1.82, 2.24) is 19.6 Å². The number of aromatic nitrogens is 2. The van der Waals surface area contributed by atoms with E-state index < -0.39 is 0 Å². The van der Waals surface area contributed by atoms with Crippen molar-refractivity contribution in [2.75, 3.05) is 6.54 Å². The van der Waals surface area contributed by atoms with Gasteiger partial charge in [0.05, 0.1) is 5.69 Å². The summed E-state index contributed by atoms with van der Waals surface area (Å²) in [4.78, 5) is 18.0. The van der Waals surface area contributed by atoms with Crippen molar-refractivity contribution in [3.63, 3.8) is 0 Å². The van der Waals surface area contributed by atoms with E-state index in [9.17, 15) is 4.79 Å². The zero-order chi connectivity index (χ0) is 13.4. The van der Waals surface area contributed by atoms with Crippen LogP contribution in [0.4, 0.5) is 0 Å². The Hall–Kier alpha value is -1.95. The van der Waals surface area contributed by atoms with Crippen molar-refractivity contribution in [1.29, 1.82) is 0 Å². The Morgan fingerprint density at radius 2 is 2.32 bits per heavy atom. The molecular weight excluding hydrogens is 260 g/mol. The molecule has 5 nitrogen and oxygen atoms in total. The van der Waals surface area contributed by atoms with Crippen LogP contribution in [-0.4, -0.2) is 37.9 Å². The van der Waals surface area contributed by atoms with Crippen molar-refractivity contribution in [3.05, 3.63) is 36.3 Å². The van der Waals surface area contributed by atoms with E-state index in [1.807, 2.05) is 41.9 Å². The topological polar surface area (TPSA) is 49.6 Å². The quantitative estimate of drug-likeness (QED) is 0.848. The predicted molar refractivity (Wildman–Crippen MR) is 75.8 cm³/mol. The minimum atomic E-state index is -0.214. The first-order chi connectivity index (χ1) is 9.15. The van der Waals surface area contributed by atoms with Gasteiger partial charge in [-0.1, -0.05) is 6.07 Å². The first kappa shape index (κ1) is 12.1. The maximum atomic E-state index is 11.9. The minimum absolute atomic E-state index is 0.0359. The number of nitrogens with zero attached hydrogens (tertiary/aromatic N) is 3. The van der Waals surface area contributed by atoms with Gasteiger partial charge in [-0.15, -0.1) is 0 Å². The highest BCUT2D eigenvalue weighted by Gasteiger charge is 2.31. The fourth-order valence-corrected chi connectivity index (χ4v) is 2.56. The van der Waals surface area contributed by atoms with Gasteiger partial charge in [0.2, 0.25) is 0 Å². The van der Waals surface area contributed by atoms with Gasteiger partial charge in [0.1, 0.15) is 11.7 Å². The second kappa shape index (κ2) is 4.62. The minimum Gasteiger partial charge on any atom is -0.351 e. The van der Waals surface area contributed by atoms with E-state index in [0.29, 0.717) is 18.1 Å². The van der Waals surface area contributed by atoms with Crippen LogP contribution in [0.2, 0.25) is 0 Å². The molecule has 0 spiro atoms. The van der Waals surface area contributed by atoms with Crippen LogP contribution in [0, 0.1) is 0 Å². The molecule has 1 aliphatic heterocycles. The van der Waals surface area contributed by atoms with Crippen LogP contribution in [-0.2, 0) is 11.2 Å². The summed E-state index contributed by atoms with van der Waals surface area (Å²) in [6.45, 7) is 2.39. The zero-order valence-electron chi connectivity index (χ0n) is 10.5. The third-order valence-electron chi connectivity index (χ3n) is 3.23. The molecule has 0 bridgehead atoms. The molecule has 19 heavy (non-hydrogen) atoms. The van der Waals surface area contributed by atoms with Crippen molar-refractivity contribution >= 4 is 28.9 Å². The van der Waals surface area contributed by atoms with Crippen LogP contribution < -0.4 is 5.32 Å². The van der Waals surface area contributed by atoms with Gasteiger partial charge in [-0.05, 0) is 31.3 Å². The number of thiocarbonyl (C=S) groups is 1. The predicted octanol–water partition coefficient (Wildman–Crippen LogP) is 0.982. The summed E-state index contributed by atoms with van der Waals surface area (Å²) in [7, 11) is 0. The fourth-order valence-electron chi connectivity index (χ4n) is 2.20. The number of fused-ring (bicyclic) bond motifs is 1. The van der Waals surface area contributed by atoms with Crippen molar-refractivity contribution < 1.29 is 4.79 Å². The molecule has 98 valence electrons. The smallest absolute Gasteiger partial charge is 0.251 e. The Morgan fingerprint density at radius 3 is 3.00 bits per heavy atom. The third-order valence-corrected chi connectivity index (χ3v) is 3.57. The lowest BCUT2D eigenvalue weighted by molar-refractivity contribution is -0.126. The van der Waals surface area contributed by atoms with Crippen LogP contribution in [0.3, 0.4) is 0 Å². The standard InChI is InChI=1S/C13H14N4OS/c1-9-12(18)17(13(19)14-9)7-5-10-8-16-6-3-2-4-11(16)15-10/h2-4,6,8-9H,5,7H2,1H3,(H,14,19). The number of carbonyl (C=O) groups is 1. The second-order valence-corrected chi connectivity index (χ2v) is 5.00. The number of imidazole rings is 1. The highest BCUT2D eigenvalue weighted by atomic mass is 32.1. The monoisotopic (exact) mass is 274 g/mol.